The summed E-state index contributed by atoms with van der Waals surface area (Å²) in [5.41, 5.74) is 0.671. The lowest BCUT2D eigenvalue weighted by molar-refractivity contribution is -0.120. The van der Waals surface area contributed by atoms with E-state index in [-0.39, 0.29) is 36.4 Å². The number of carbonyl (C=O) groups is 1. The van der Waals surface area contributed by atoms with Gasteiger partial charge in [0.15, 0.2) is 5.78 Å². The number of hydrogen-bond acceptors (Lipinski definition) is 4. The molecular weight excluding hydrogens is 300 g/mol. The summed E-state index contributed by atoms with van der Waals surface area (Å²) in [5, 5.41) is 0.0766. The number of anilines is 1. The zero-order valence-corrected chi connectivity index (χ0v) is 12.4. The van der Waals surface area contributed by atoms with Crippen LogP contribution < -0.4 is 4.90 Å². The lowest BCUT2D eigenvalue weighted by Gasteiger charge is -2.40. The molecule has 0 saturated heterocycles. The molecule has 1 aliphatic carbocycles. The summed E-state index contributed by atoms with van der Waals surface area (Å²) in [6.07, 6.45) is 2.31. The third-order valence-electron chi connectivity index (χ3n) is 4.29. The van der Waals surface area contributed by atoms with Crippen LogP contribution in [0, 0.1) is 0 Å². The molecule has 21 heavy (non-hydrogen) atoms. The number of nitrogens with zero attached hydrogens (tertiary/aromatic N) is 3. The summed E-state index contributed by atoms with van der Waals surface area (Å²) in [5.74, 6) is -2.09. The maximum Gasteiger partial charge on any atom is 0.250 e. The number of halogens is 3. The van der Waals surface area contributed by atoms with Crippen molar-refractivity contribution < 1.29 is 13.6 Å². The van der Waals surface area contributed by atoms with Gasteiger partial charge >= 0.3 is 0 Å². The molecule has 1 aromatic heterocycles. The highest BCUT2D eigenvalue weighted by Crippen LogP contribution is 2.42. The summed E-state index contributed by atoms with van der Waals surface area (Å²) >= 11 is 5.85. The van der Waals surface area contributed by atoms with Crippen LogP contribution in [0.25, 0.3) is 0 Å². The lowest BCUT2D eigenvalue weighted by Crippen LogP contribution is -2.51. The fraction of sp³-hybridized carbons (Fsp3) is 0.643. The Morgan fingerprint density at radius 2 is 2.29 bits per heavy atom. The Labute approximate surface area is 126 Å². The summed E-state index contributed by atoms with van der Waals surface area (Å²) in [6.45, 7) is 1.89. The highest BCUT2D eigenvalue weighted by atomic mass is 35.5. The number of hydrogen-bond donors (Lipinski definition) is 0. The largest absolute Gasteiger partial charge is 0.343 e. The van der Waals surface area contributed by atoms with Crippen molar-refractivity contribution in [1.82, 2.24) is 9.97 Å². The molecule has 3 rings (SSSR count). The zero-order valence-electron chi connectivity index (χ0n) is 11.7. The van der Waals surface area contributed by atoms with E-state index in [0.29, 0.717) is 24.2 Å². The summed E-state index contributed by atoms with van der Waals surface area (Å²) in [7, 11) is 0. The van der Waals surface area contributed by atoms with Gasteiger partial charge in [0.25, 0.3) is 0 Å². The van der Waals surface area contributed by atoms with Gasteiger partial charge in [-0.15, -0.1) is 0 Å². The minimum absolute atomic E-state index is 0.0335. The number of carbonyl (C=O) groups excluding carboxylic acids is 1. The molecule has 0 aromatic carbocycles. The van der Waals surface area contributed by atoms with E-state index in [1.807, 2.05) is 6.92 Å². The Bertz CT molecular complexity index is 581. The second kappa shape index (κ2) is 5.16. The molecule has 1 fully saturated rings. The van der Waals surface area contributed by atoms with E-state index in [4.69, 9.17) is 11.6 Å². The second-order valence-corrected chi connectivity index (χ2v) is 6.05. The second-order valence-electron chi connectivity index (χ2n) is 5.71. The van der Waals surface area contributed by atoms with E-state index < -0.39 is 12.0 Å². The average Bonchev–Trinajstić information content (AvgIpc) is 2.77. The number of aromatic nitrogens is 2. The zero-order chi connectivity index (χ0) is 15.2. The van der Waals surface area contributed by atoms with Crippen molar-refractivity contribution >= 4 is 23.2 Å². The van der Waals surface area contributed by atoms with E-state index in [1.165, 1.54) is 6.20 Å². The predicted molar refractivity (Wildman–Crippen MR) is 74.9 cm³/mol. The van der Waals surface area contributed by atoms with Crippen molar-refractivity contribution in [2.75, 3.05) is 4.90 Å². The van der Waals surface area contributed by atoms with Crippen LogP contribution in [0.15, 0.2) is 6.20 Å². The van der Waals surface area contributed by atoms with Crippen LogP contribution in [-0.2, 0) is 11.2 Å². The Morgan fingerprint density at radius 3 is 2.90 bits per heavy atom. The average molecular weight is 316 g/mol. The highest BCUT2D eigenvalue weighted by molar-refractivity contribution is 6.28. The van der Waals surface area contributed by atoms with Crippen molar-refractivity contribution in [2.24, 2.45) is 0 Å². The first-order chi connectivity index (χ1) is 9.91. The maximum atomic E-state index is 13.6. The van der Waals surface area contributed by atoms with Gasteiger partial charge < -0.3 is 4.90 Å². The van der Waals surface area contributed by atoms with Crippen LogP contribution in [-0.4, -0.2) is 33.8 Å². The Kier molecular flexibility index (Phi) is 3.59. The van der Waals surface area contributed by atoms with Gasteiger partial charge in [-0.2, -0.15) is 0 Å². The molecule has 114 valence electrons. The SMILES string of the molecule is CC[C@@H]1C(=O)Cc2cnc(Cl)nc2N1[C@@H]1CCC(F)(F)C1. The van der Waals surface area contributed by atoms with Crippen LogP contribution in [0.1, 0.15) is 38.2 Å². The summed E-state index contributed by atoms with van der Waals surface area (Å²) < 4.78 is 27.1. The molecule has 1 aromatic rings. The Balaban J connectivity index is 2.03. The Hall–Kier alpha value is -1.30. The molecule has 0 N–H and O–H groups in total. The number of ketones is 1. The molecule has 2 aliphatic rings. The van der Waals surface area contributed by atoms with Gasteiger partial charge in [-0.3, -0.25) is 4.79 Å². The smallest absolute Gasteiger partial charge is 0.250 e. The summed E-state index contributed by atoms with van der Waals surface area (Å²) in [4.78, 5) is 22.1. The van der Waals surface area contributed by atoms with Crippen molar-refractivity contribution in [3.05, 3.63) is 17.0 Å². The monoisotopic (exact) mass is 315 g/mol. The molecule has 0 radical (unpaired) electrons. The molecule has 2 heterocycles. The van der Waals surface area contributed by atoms with Gasteiger partial charge in [0.2, 0.25) is 11.2 Å². The third-order valence-corrected chi connectivity index (χ3v) is 4.47. The van der Waals surface area contributed by atoms with E-state index >= 15 is 0 Å². The first kappa shape index (κ1) is 14.6. The van der Waals surface area contributed by atoms with Gasteiger partial charge in [0.05, 0.1) is 6.04 Å². The number of alkyl halides is 2. The normalized spacial score (nSPS) is 27.8. The number of rotatable bonds is 2. The van der Waals surface area contributed by atoms with Crippen LogP contribution in [0.2, 0.25) is 5.28 Å². The van der Waals surface area contributed by atoms with E-state index in [9.17, 15) is 13.6 Å². The Morgan fingerprint density at radius 1 is 1.52 bits per heavy atom. The molecule has 0 bridgehead atoms. The molecule has 1 aliphatic heterocycles. The van der Waals surface area contributed by atoms with E-state index in [1.54, 1.807) is 4.90 Å². The van der Waals surface area contributed by atoms with Crippen LogP contribution in [0.3, 0.4) is 0 Å². The van der Waals surface area contributed by atoms with Gasteiger partial charge in [-0.1, -0.05) is 6.92 Å². The number of Topliss-reactive ketones (excluding diaryl/α,β-unsaturated/α-hetero) is 1. The topological polar surface area (TPSA) is 46.1 Å². The minimum Gasteiger partial charge on any atom is -0.343 e. The molecule has 4 nitrogen and oxygen atoms in total. The highest BCUT2D eigenvalue weighted by Gasteiger charge is 2.46. The van der Waals surface area contributed by atoms with E-state index in [0.717, 1.165) is 0 Å². The summed E-state index contributed by atoms with van der Waals surface area (Å²) in [6, 6.07) is -0.777. The van der Waals surface area contributed by atoms with Crippen molar-refractivity contribution in [3.8, 4) is 0 Å². The van der Waals surface area contributed by atoms with E-state index in [2.05, 4.69) is 9.97 Å². The van der Waals surface area contributed by atoms with Crippen LogP contribution >= 0.6 is 11.6 Å². The number of fused-ring (bicyclic) bond motifs is 1. The van der Waals surface area contributed by atoms with Gasteiger partial charge in [0, 0.05) is 37.1 Å². The molecule has 0 spiro atoms. The third kappa shape index (κ3) is 2.61. The van der Waals surface area contributed by atoms with Crippen molar-refractivity contribution in [1.29, 1.82) is 0 Å². The molecule has 0 amide bonds. The van der Waals surface area contributed by atoms with Crippen LogP contribution in [0.5, 0.6) is 0 Å². The predicted octanol–water partition coefficient (Wildman–Crippen LogP) is 3.03. The first-order valence-electron chi connectivity index (χ1n) is 7.11. The molecule has 7 heteroatoms. The molecular formula is C14H16ClF2N3O. The minimum atomic E-state index is -2.67. The first-order valence-corrected chi connectivity index (χ1v) is 7.49. The lowest BCUT2D eigenvalue weighted by atomic mass is 9.94. The van der Waals surface area contributed by atoms with Crippen molar-refractivity contribution in [3.63, 3.8) is 0 Å². The van der Waals surface area contributed by atoms with Crippen molar-refractivity contribution in [2.45, 2.75) is 57.0 Å². The van der Waals surface area contributed by atoms with Gasteiger partial charge in [0.1, 0.15) is 5.82 Å². The maximum absolute atomic E-state index is 13.6. The molecule has 1 saturated carbocycles. The van der Waals surface area contributed by atoms with Gasteiger partial charge in [-0.05, 0) is 24.4 Å². The molecule has 0 unspecified atom stereocenters. The fourth-order valence-corrected chi connectivity index (χ4v) is 3.48. The standard InChI is InChI=1S/C14H16ClF2N3O/c1-2-10-11(21)5-8-7-18-13(15)19-12(8)20(10)9-3-4-14(16,17)6-9/h7,9-10H,2-6H2,1H3/t9-,10-/m1/s1. The molecule has 2 atom stereocenters. The van der Waals surface area contributed by atoms with Gasteiger partial charge in [-0.25, -0.2) is 18.7 Å². The van der Waals surface area contributed by atoms with Crippen LogP contribution in [0.4, 0.5) is 14.6 Å². The fourth-order valence-electron chi connectivity index (χ4n) is 3.35. The quantitative estimate of drug-likeness (QED) is 0.787.